The highest BCUT2D eigenvalue weighted by molar-refractivity contribution is 6.64. The normalized spacial score (nSPS) is 20.3. The lowest BCUT2D eigenvalue weighted by atomic mass is 9.86. The van der Waals surface area contributed by atoms with Gasteiger partial charge in [0.15, 0.2) is 11.4 Å². The number of nitrogens with zero attached hydrogens (tertiary/aromatic N) is 2. The van der Waals surface area contributed by atoms with Crippen LogP contribution in [-0.4, -0.2) is 34.9 Å². The summed E-state index contributed by atoms with van der Waals surface area (Å²) in [6, 6.07) is 16.5. The maximum atomic E-state index is 13.2. The van der Waals surface area contributed by atoms with Crippen LogP contribution in [0.5, 0.6) is 0 Å². The summed E-state index contributed by atoms with van der Waals surface area (Å²) >= 11 is 0. The standard InChI is InChI=1S/C22H18N2O4/c1-2-28-21(27)19-20(26)24(14-15-8-4-3-5-9-15)22(23-19)13-12-18(25)16-10-6-7-11-17(16)22/h3-13H,2,14H2,1H3. The molecule has 1 unspecified atom stereocenters. The molecule has 4 rings (SSSR count). The van der Waals surface area contributed by atoms with Crippen molar-refractivity contribution in [2.24, 2.45) is 4.99 Å². The molecular formula is C22H18N2O4. The van der Waals surface area contributed by atoms with Crippen LogP contribution >= 0.6 is 0 Å². The van der Waals surface area contributed by atoms with Crippen molar-refractivity contribution in [3.05, 3.63) is 83.4 Å². The van der Waals surface area contributed by atoms with E-state index in [0.717, 1.165) is 5.56 Å². The van der Waals surface area contributed by atoms with Crippen LogP contribution in [0.2, 0.25) is 0 Å². The fraction of sp³-hybridized carbons (Fsp3) is 0.182. The van der Waals surface area contributed by atoms with Gasteiger partial charge in [-0.2, -0.15) is 0 Å². The lowest BCUT2D eigenvalue weighted by molar-refractivity contribution is -0.136. The smallest absolute Gasteiger partial charge is 0.362 e. The van der Waals surface area contributed by atoms with Crippen molar-refractivity contribution >= 4 is 23.4 Å². The summed E-state index contributed by atoms with van der Waals surface area (Å²) in [7, 11) is 0. The molecule has 140 valence electrons. The zero-order valence-electron chi connectivity index (χ0n) is 15.3. The summed E-state index contributed by atoms with van der Waals surface area (Å²) in [4.78, 5) is 43.9. The lowest BCUT2D eigenvalue weighted by Gasteiger charge is -2.37. The number of allylic oxidation sites excluding steroid dienone is 1. The molecule has 0 N–H and O–H groups in total. The maximum absolute atomic E-state index is 13.2. The third-order valence-corrected chi connectivity index (χ3v) is 4.85. The Morgan fingerprint density at radius 2 is 1.79 bits per heavy atom. The second-order valence-electron chi connectivity index (χ2n) is 6.53. The molecular weight excluding hydrogens is 356 g/mol. The van der Waals surface area contributed by atoms with E-state index in [1.54, 1.807) is 37.3 Å². The predicted molar refractivity (Wildman–Crippen MR) is 103 cm³/mol. The van der Waals surface area contributed by atoms with Crippen LogP contribution in [0.15, 0.2) is 71.7 Å². The number of amides is 1. The van der Waals surface area contributed by atoms with Crippen molar-refractivity contribution in [3.8, 4) is 0 Å². The van der Waals surface area contributed by atoms with Gasteiger partial charge in [0.05, 0.1) is 6.61 Å². The molecule has 1 heterocycles. The van der Waals surface area contributed by atoms with Gasteiger partial charge in [-0.1, -0.05) is 54.6 Å². The van der Waals surface area contributed by atoms with Gasteiger partial charge in [-0.05, 0) is 24.6 Å². The van der Waals surface area contributed by atoms with Crippen LogP contribution in [0, 0.1) is 0 Å². The highest BCUT2D eigenvalue weighted by atomic mass is 16.5. The third kappa shape index (κ3) is 2.74. The Kier molecular flexibility index (Phi) is 4.39. The van der Waals surface area contributed by atoms with Crippen molar-refractivity contribution in [3.63, 3.8) is 0 Å². The number of hydrogen-bond acceptors (Lipinski definition) is 5. The van der Waals surface area contributed by atoms with E-state index in [-0.39, 0.29) is 24.6 Å². The van der Waals surface area contributed by atoms with E-state index in [2.05, 4.69) is 4.99 Å². The quantitative estimate of drug-likeness (QED) is 0.771. The van der Waals surface area contributed by atoms with Crippen LogP contribution in [0.1, 0.15) is 28.4 Å². The number of carbonyl (C=O) groups is 3. The van der Waals surface area contributed by atoms with Crippen molar-refractivity contribution in [1.82, 2.24) is 4.90 Å². The van der Waals surface area contributed by atoms with Gasteiger partial charge in [-0.3, -0.25) is 9.59 Å². The molecule has 1 aliphatic heterocycles. The van der Waals surface area contributed by atoms with Gasteiger partial charge < -0.3 is 9.64 Å². The van der Waals surface area contributed by atoms with Gasteiger partial charge >= 0.3 is 5.97 Å². The molecule has 1 atom stereocenters. The number of aliphatic imine (C=N–C) groups is 1. The minimum Gasteiger partial charge on any atom is -0.461 e. The maximum Gasteiger partial charge on any atom is 0.362 e. The van der Waals surface area contributed by atoms with Gasteiger partial charge in [0.25, 0.3) is 5.91 Å². The molecule has 0 saturated heterocycles. The number of ketones is 1. The Morgan fingerprint density at radius 1 is 1.07 bits per heavy atom. The van der Waals surface area contributed by atoms with Gasteiger partial charge in [0, 0.05) is 17.7 Å². The second kappa shape index (κ2) is 6.88. The minimum absolute atomic E-state index is 0.141. The summed E-state index contributed by atoms with van der Waals surface area (Å²) in [5, 5.41) is 0. The summed E-state index contributed by atoms with van der Waals surface area (Å²) in [6.07, 6.45) is 3.00. The van der Waals surface area contributed by atoms with E-state index in [1.165, 1.54) is 11.0 Å². The van der Waals surface area contributed by atoms with Crippen LogP contribution in [-0.2, 0) is 26.5 Å². The Morgan fingerprint density at radius 3 is 2.54 bits per heavy atom. The van der Waals surface area contributed by atoms with Crippen molar-refractivity contribution in [2.75, 3.05) is 6.61 Å². The largest absolute Gasteiger partial charge is 0.461 e. The van der Waals surface area contributed by atoms with E-state index in [0.29, 0.717) is 11.1 Å². The number of rotatable bonds is 4. The molecule has 1 spiro atoms. The van der Waals surface area contributed by atoms with Crippen LogP contribution < -0.4 is 0 Å². The molecule has 6 nitrogen and oxygen atoms in total. The van der Waals surface area contributed by atoms with E-state index in [4.69, 9.17) is 4.74 Å². The average Bonchev–Trinajstić information content (AvgIpc) is 2.99. The Hall–Kier alpha value is -3.54. The molecule has 2 aliphatic rings. The van der Waals surface area contributed by atoms with Crippen LogP contribution in [0.3, 0.4) is 0 Å². The molecule has 0 fully saturated rings. The molecule has 0 saturated carbocycles. The van der Waals surface area contributed by atoms with E-state index in [1.807, 2.05) is 30.3 Å². The van der Waals surface area contributed by atoms with E-state index < -0.39 is 17.5 Å². The lowest BCUT2D eigenvalue weighted by Crippen LogP contribution is -2.45. The number of esters is 1. The number of hydrogen-bond donors (Lipinski definition) is 0. The zero-order chi connectivity index (χ0) is 19.7. The third-order valence-electron chi connectivity index (χ3n) is 4.85. The van der Waals surface area contributed by atoms with Gasteiger partial charge in [0.1, 0.15) is 0 Å². The van der Waals surface area contributed by atoms with E-state index >= 15 is 0 Å². The summed E-state index contributed by atoms with van der Waals surface area (Å²) in [6.45, 7) is 2.05. The second-order valence-corrected chi connectivity index (χ2v) is 6.53. The molecule has 1 aliphatic carbocycles. The summed E-state index contributed by atoms with van der Waals surface area (Å²) < 4.78 is 5.03. The molecule has 0 radical (unpaired) electrons. The first-order valence-corrected chi connectivity index (χ1v) is 9.03. The van der Waals surface area contributed by atoms with Crippen molar-refractivity contribution in [2.45, 2.75) is 19.1 Å². The SMILES string of the molecule is CCOC(=O)C1=NC2(C=CC(=O)c3ccccc32)N(Cc2ccccc2)C1=O. The molecule has 2 aromatic rings. The zero-order valence-corrected chi connectivity index (χ0v) is 15.3. The molecule has 0 bridgehead atoms. The first-order chi connectivity index (χ1) is 13.6. The minimum atomic E-state index is -1.25. The van der Waals surface area contributed by atoms with Gasteiger partial charge in [-0.25, -0.2) is 9.79 Å². The fourth-order valence-electron chi connectivity index (χ4n) is 3.58. The molecule has 2 aromatic carbocycles. The molecule has 28 heavy (non-hydrogen) atoms. The van der Waals surface area contributed by atoms with Crippen molar-refractivity contribution in [1.29, 1.82) is 0 Å². The van der Waals surface area contributed by atoms with E-state index in [9.17, 15) is 14.4 Å². The monoisotopic (exact) mass is 374 g/mol. The van der Waals surface area contributed by atoms with Gasteiger partial charge in [-0.15, -0.1) is 0 Å². The Balaban J connectivity index is 1.88. The average molecular weight is 374 g/mol. The number of carbonyl (C=O) groups excluding carboxylic acids is 3. The highest BCUT2D eigenvalue weighted by Crippen LogP contribution is 2.42. The predicted octanol–water partition coefficient (Wildman–Crippen LogP) is 2.64. The Bertz CT molecular complexity index is 1030. The molecule has 0 aromatic heterocycles. The number of fused-ring (bicyclic) bond motifs is 2. The number of ether oxygens (including phenoxy) is 1. The topological polar surface area (TPSA) is 76.0 Å². The highest BCUT2D eigenvalue weighted by Gasteiger charge is 2.51. The Labute approximate surface area is 162 Å². The summed E-state index contributed by atoms with van der Waals surface area (Å²) in [5.74, 6) is -1.44. The van der Waals surface area contributed by atoms with Gasteiger partial charge in [0.2, 0.25) is 5.71 Å². The first-order valence-electron chi connectivity index (χ1n) is 9.03. The first kappa shape index (κ1) is 17.9. The fourth-order valence-corrected chi connectivity index (χ4v) is 3.58. The van der Waals surface area contributed by atoms with Crippen LogP contribution in [0.4, 0.5) is 0 Å². The molecule has 1 amide bonds. The number of benzene rings is 2. The molecule has 6 heteroatoms. The van der Waals surface area contributed by atoms with Crippen LogP contribution in [0.25, 0.3) is 0 Å². The summed E-state index contributed by atoms with van der Waals surface area (Å²) in [5.41, 5.74) is 0.417. The van der Waals surface area contributed by atoms with Crippen molar-refractivity contribution < 1.29 is 19.1 Å².